The van der Waals surface area contributed by atoms with Crippen molar-refractivity contribution in [2.24, 2.45) is 0 Å². The average Bonchev–Trinajstić information content (AvgIpc) is 2.95. The zero-order valence-corrected chi connectivity index (χ0v) is 11.7. The van der Waals surface area contributed by atoms with E-state index >= 15 is 0 Å². The molecule has 0 N–H and O–H groups in total. The highest BCUT2D eigenvalue weighted by molar-refractivity contribution is 5.76. The topological polar surface area (TPSA) is 91.4 Å². The fraction of sp³-hybridized carbons (Fsp3) is 0.385. The third-order valence-corrected chi connectivity index (χ3v) is 3.25. The summed E-state index contributed by atoms with van der Waals surface area (Å²) in [5, 5.41) is 20.1. The molecule has 8 heteroatoms. The summed E-state index contributed by atoms with van der Waals surface area (Å²) >= 11 is 0. The van der Waals surface area contributed by atoms with Gasteiger partial charge in [0.15, 0.2) is 5.82 Å². The van der Waals surface area contributed by atoms with E-state index in [0.29, 0.717) is 16.7 Å². The van der Waals surface area contributed by atoms with Gasteiger partial charge in [-0.05, 0) is 29.0 Å². The lowest BCUT2D eigenvalue weighted by Crippen LogP contribution is -2.26. The number of rotatable bonds is 5. The standard InChI is InChI=1S/C13H15N7O/c1-2-3-8-19-12(15-16-18-19)9-20-13(21)10-6-4-5-7-11(10)14-17-20/h4-7H,2-3,8-9H2,1H3. The van der Waals surface area contributed by atoms with Crippen LogP contribution in [-0.2, 0) is 13.1 Å². The minimum Gasteiger partial charge on any atom is -0.267 e. The molecule has 0 bridgehead atoms. The Hall–Kier alpha value is -2.64. The van der Waals surface area contributed by atoms with Crippen LogP contribution in [-0.4, -0.2) is 35.2 Å². The van der Waals surface area contributed by atoms with Crippen molar-refractivity contribution < 1.29 is 0 Å². The van der Waals surface area contributed by atoms with Gasteiger partial charge in [-0.25, -0.2) is 9.36 Å². The maximum atomic E-state index is 12.4. The molecule has 2 heterocycles. The molecule has 0 aliphatic heterocycles. The molecule has 0 radical (unpaired) electrons. The van der Waals surface area contributed by atoms with E-state index in [2.05, 4.69) is 32.8 Å². The fourth-order valence-electron chi connectivity index (χ4n) is 2.08. The van der Waals surface area contributed by atoms with Crippen molar-refractivity contribution in [3.63, 3.8) is 0 Å². The Bertz CT molecular complexity index is 807. The molecule has 3 rings (SSSR count). The molecule has 21 heavy (non-hydrogen) atoms. The van der Waals surface area contributed by atoms with E-state index in [4.69, 9.17) is 0 Å². The molecular weight excluding hydrogens is 270 g/mol. The number of tetrazole rings is 1. The van der Waals surface area contributed by atoms with Crippen molar-refractivity contribution in [3.8, 4) is 0 Å². The second-order valence-electron chi connectivity index (χ2n) is 4.74. The Labute approximate surface area is 120 Å². The van der Waals surface area contributed by atoms with Gasteiger partial charge in [-0.15, -0.1) is 10.2 Å². The molecule has 3 aromatic rings. The molecule has 0 spiro atoms. The molecule has 0 aliphatic rings. The highest BCUT2D eigenvalue weighted by Gasteiger charge is 2.10. The zero-order valence-electron chi connectivity index (χ0n) is 11.7. The number of nitrogens with zero attached hydrogens (tertiary/aromatic N) is 7. The first kappa shape index (κ1) is 13.3. The molecule has 0 amide bonds. The van der Waals surface area contributed by atoms with Gasteiger partial charge in [0.2, 0.25) is 0 Å². The van der Waals surface area contributed by atoms with Crippen molar-refractivity contribution >= 4 is 10.9 Å². The van der Waals surface area contributed by atoms with Gasteiger partial charge in [0.05, 0.1) is 5.39 Å². The molecule has 0 saturated carbocycles. The number of aryl methyl sites for hydroxylation is 1. The third kappa shape index (κ3) is 2.64. The van der Waals surface area contributed by atoms with Gasteiger partial charge in [-0.3, -0.25) is 4.79 Å². The van der Waals surface area contributed by atoms with Crippen LogP contribution in [0, 0.1) is 0 Å². The second-order valence-corrected chi connectivity index (χ2v) is 4.74. The predicted octanol–water partition coefficient (Wildman–Crippen LogP) is 0.626. The minimum atomic E-state index is -0.189. The van der Waals surface area contributed by atoms with Gasteiger partial charge >= 0.3 is 0 Å². The van der Waals surface area contributed by atoms with Crippen LogP contribution >= 0.6 is 0 Å². The second kappa shape index (κ2) is 5.78. The van der Waals surface area contributed by atoms with Crippen molar-refractivity contribution in [2.75, 3.05) is 0 Å². The number of unbranched alkanes of at least 4 members (excludes halogenated alkanes) is 1. The Balaban J connectivity index is 1.94. The van der Waals surface area contributed by atoms with E-state index in [0.717, 1.165) is 19.4 Å². The van der Waals surface area contributed by atoms with Gasteiger partial charge in [-0.2, -0.15) is 0 Å². The summed E-state index contributed by atoms with van der Waals surface area (Å²) in [5.41, 5.74) is 0.398. The van der Waals surface area contributed by atoms with E-state index in [9.17, 15) is 4.79 Å². The molecule has 0 unspecified atom stereocenters. The van der Waals surface area contributed by atoms with Gasteiger partial charge in [-0.1, -0.05) is 30.7 Å². The first-order valence-corrected chi connectivity index (χ1v) is 6.87. The highest BCUT2D eigenvalue weighted by atomic mass is 16.1. The Morgan fingerprint density at radius 1 is 1.10 bits per heavy atom. The lowest BCUT2D eigenvalue weighted by molar-refractivity contribution is 0.501. The van der Waals surface area contributed by atoms with Crippen LogP contribution < -0.4 is 5.56 Å². The van der Waals surface area contributed by atoms with Crippen LogP contribution in [0.1, 0.15) is 25.6 Å². The van der Waals surface area contributed by atoms with Crippen LogP contribution in [0.5, 0.6) is 0 Å². The largest absolute Gasteiger partial charge is 0.278 e. The van der Waals surface area contributed by atoms with Crippen LogP contribution in [0.25, 0.3) is 10.9 Å². The zero-order chi connectivity index (χ0) is 14.7. The molecule has 0 saturated heterocycles. The number of fused-ring (bicyclic) bond motifs is 1. The fourth-order valence-corrected chi connectivity index (χ4v) is 2.08. The number of hydrogen-bond donors (Lipinski definition) is 0. The monoisotopic (exact) mass is 285 g/mol. The molecule has 0 aliphatic carbocycles. The molecular formula is C13H15N7O. The van der Waals surface area contributed by atoms with Crippen molar-refractivity contribution in [1.82, 2.24) is 35.2 Å². The highest BCUT2D eigenvalue weighted by Crippen LogP contribution is 2.04. The normalized spacial score (nSPS) is 11.1. The van der Waals surface area contributed by atoms with Crippen molar-refractivity contribution in [3.05, 3.63) is 40.4 Å². The molecule has 2 aromatic heterocycles. The number of aromatic nitrogens is 7. The van der Waals surface area contributed by atoms with E-state index in [1.807, 2.05) is 6.07 Å². The van der Waals surface area contributed by atoms with Crippen LogP contribution in [0.2, 0.25) is 0 Å². The van der Waals surface area contributed by atoms with Crippen molar-refractivity contribution in [1.29, 1.82) is 0 Å². The van der Waals surface area contributed by atoms with Gasteiger partial charge in [0.1, 0.15) is 12.1 Å². The summed E-state index contributed by atoms with van der Waals surface area (Å²) in [6, 6.07) is 7.13. The van der Waals surface area contributed by atoms with Crippen LogP contribution in [0.15, 0.2) is 29.1 Å². The van der Waals surface area contributed by atoms with Gasteiger partial charge in [0.25, 0.3) is 5.56 Å². The first-order chi connectivity index (χ1) is 10.3. The predicted molar refractivity (Wildman–Crippen MR) is 75.6 cm³/mol. The smallest absolute Gasteiger partial charge is 0.267 e. The third-order valence-electron chi connectivity index (χ3n) is 3.25. The molecule has 0 fully saturated rings. The summed E-state index contributed by atoms with van der Waals surface area (Å²) in [5.74, 6) is 0.607. The van der Waals surface area contributed by atoms with E-state index in [-0.39, 0.29) is 12.1 Å². The van der Waals surface area contributed by atoms with Crippen LogP contribution in [0.3, 0.4) is 0 Å². The molecule has 8 nitrogen and oxygen atoms in total. The molecule has 1 aromatic carbocycles. The molecule has 108 valence electrons. The van der Waals surface area contributed by atoms with E-state index in [1.54, 1.807) is 22.9 Å². The summed E-state index contributed by atoms with van der Waals surface area (Å²) in [6.45, 7) is 3.05. The van der Waals surface area contributed by atoms with Gasteiger partial charge < -0.3 is 0 Å². The maximum Gasteiger partial charge on any atom is 0.278 e. The number of benzene rings is 1. The lowest BCUT2D eigenvalue weighted by atomic mass is 10.2. The average molecular weight is 285 g/mol. The quantitative estimate of drug-likeness (QED) is 0.682. The number of hydrogen-bond acceptors (Lipinski definition) is 6. The van der Waals surface area contributed by atoms with Crippen molar-refractivity contribution in [2.45, 2.75) is 32.9 Å². The van der Waals surface area contributed by atoms with E-state index < -0.39 is 0 Å². The minimum absolute atomic E-state index is 0.189. The summed E-state index contributed by atoms with van der Waals surface area (Å²) in [7, 11) is 0. The lowest BCUT2D eigenvalue weighted by Gasteiger charge is -2.05. The Morgan fingerprint density at radius 3 is 2.81 bits per heavy atom. The first-order valence-electron chi connectivity index (χ1n) is 6.87. The SMILES string of the molecule is CCCCn1nnnc1Cn1nnc2ccccc2c1=O. The Kier molecular flexibility index (Phi) is 3.67. The van der Waals surface area contributed by atoms with Gasteiger partial charge in [0, 0.05) is 6.54 Å². The maximum absolute atomic E-state index is 12.4. The Morgan fingerprint density at radius 2 is 1.95 bits per heavy atom. The van der Waals surface area contributed by atoms with Crippen LogP contribution in [0.4, 0.5) is 0 Å². The summed E-state index contributed by atoms with van der Waals surface area (Å²) < 4.78 is 2.99. The molecule has 0 atom stereocenters. The summed E-state index contributed by atoms with van der Waals surface area (Å²) in [4.78, 5) is 12.4. The van der Waals surface area contributed by atoms with E-state index in [1.165, 1.54) is 4.68 Å². The summed E-state index contributed by atoms with van der Waals surface area (Å²) in [6.07, 6.45) is 2.03.